The second-order valence-corrected chi connectivity index (χ2v) is 5.52. The Morgan fingerprint density at radius 1 is 1.29 bits per heavy atom. The summed E-state index contributed by atoms with van der Waals surface area (Å²) >= 11 is 0. The minimum atomic E-state index is -0.462. The molecule has 3 nitrogen and oxygen atoms in total. The number of carbonyl (C=O) groups excluding carboxylic acids is 1. The summed E-state index contributed by atoms with van der Waals surface area (Å²) in [4.78, 5) is 13.8. The average molecular weight is 234 g/mol. The molecule has 17 heavy (non-hydrogen) atoms. The highest BCUT2D eigenvalue weighted by molar-refractivity contribution is 5.82. The van der Waals surface area contributed by atoms with Crippen LogP contribution in [0, 0.1) is 5.41 Å². The van der Waals surface area contributed by atoms with Crippen LogP contribution in [0.25, 0.3) is 0 Å². The Kier molecular flexibility index (Phi) is 4.29. The minimum absolute atomic E-state index is 0.0126. The van der Waals surface area contributed by atoms with Gasteiger partial charge in [0.2, 0.25) is 5.91 Å². The molecular formula is C14H22N2O. The molecule has 0 aliphatic carbocycles. The first-order valence-electron chi connectivity index (χ1n) is 5.87. The molecule has 0 spiro atoms. The molecule has 0 bridgehead atoms. The highest BCUT2D eigenvalue weighted by Crippen LogP contribution is 2.19. The highest BCUT2D eigenvalue weighted by Gasteiger charge is 2.29. The number of rotatable bonds is 3. The fourth-order valence-corrected chi connectivity index (χ4v) is 1.54. The van der Waals surface area contributed by atoms with Crippen LogP contribution in [0.1, 0.15) is 26.3 Å². The molecule has 0 aliphatic rings. The van der Waals surface area contributed by atoms with Crippen LogP contribution in [0.3, 0.4) is 0 Å². The van der Waals surface area contributed by atoms with Crippen LogP contribution in [-0.4, -0.2) is 23.9 Å². The van der Waals surface area contributed by atoms with Crippen LogP contribution in [-0.2, 0) is 11.3 Å². The smallest absolute Gasteiger partial charge is 0.240 e. The third-order valence-electron chi connectivity index (χ3n) is 2.84. The number of benzene rings is 1. The van der Waals surface area contributed by atoms with Crippen molar-refractivity contribution >= 4 is 5.91 Å². The van der Waals surface area contributed by atoms with Gasteiger partial charge in [0.1, 0.15) is 0 Å². The molecule has 0 saturated heterocycles. The van der Waals surface area contributed by atoms with Crippen molar-refractivity contribution in [2.24, 2.45) is 11.1 Å². The molecule has 0 fully saturated rings. The van der Waals surface area contributed by atoms with Crippen LogP contribution >= 0.6 is 0 Å². The standard InChI is InChI=1S/C14H22N2O/c1-14(2,3)12(15)13(17)16(4)10-11-8-6-5-7-9-11/h5-9,12H,10,15H2,1-4H3/t12-/m1/s1. The Balaban J connectivity index is 2.65. The van der Waals surface area contributed by atoms with Gasteiger partial charge in [-0.2, -0.15) is 0 Å². The van der Waals surface area contributed by atoms with Gasteiger partial charge in [0.15, 0.2) is 0 Å². The zero-order chi connectivity index (χ0) is 13.1. The van der Waals surface area contributed by atoms with E-state index in [9.17, 15) is 4.79 Å². The van der Waals surface area contributed by atoms with Crippen molar-refractivity contribution in [3.8, 4) is 0 Å². The fraction of sp³-hybridized carbons (Fsp3) is 0.500. The topological polar surface area (TPSA) is 46.3 Å². The van der Waals surface area contributed by atoms with E-state index >= 15 is 0 Å². The van der Waals surface area contributed by atoms with Crippen molar-refractivity contribution in [3.63, 3.8) is 0 Å². The number of nitrogens with two attached hydrogens (primary N) is 1. The first-order chi connectivity index (χ1) is 7.82. The van der Waals surface area contributed by atoms with Crippen LogP contribution < -0.4 is 5.73 Å². The average Bonchev–Trinajstić information content (AvgIpc) is 2.27. The number of nitrogens with zero attached hydrogens (tertiary/aromatic N) is 1. The maximum atomic E-state index is 12.1. The van der Waals surface area contributed by atoms with E-state index in [1.54, 1.807) is 11.9 Å². The lowest BCUT2D eigenvalue weighted by Gasteiger charge is -2.30. The van der Waals surface area contributed by atoms with Crippen molar-refractivity contribution in [1.29, 1.82) is 0 Å². The fourth-order valence-electron chi connectivity index (χ4n) is 1.54. The molecule has 94 valence electrons. The van der Waals surface area contributed by atoms with Crippen molar-refractivity contribution in [1.82, 2.24) is 4.90 Å². The van der Waals surface area contributed by atoms with E-state index in [4.69, 9.17) is 5.73 Å². The van der Waals surface area contributed by atoms with Gasteiger partial charge in [0, 0.05) is 13.6 Å². The predicted octanol–water partition coefficient (Wildman–Crippen LogP) is 2.02. The molecule has 0 heterocycles. The Labute approximate surface area is 104 Å². The Morgan fingerprint density at radius 2 is 1.82 bits per heavy atom. The number of hydrogen-bond donors (Lipinski definition) is 1. The summed E-state index contributed by atoms with van der Waals surface area (Å²) in [7, 11) is 1.79. The molecule has 1 rings (SSSR count). The summed E-state index contributed by atoms with van der Waals surface area (Å²) in [6.07, 6.45) is 0. The lowest BCUT2D eigenvalue weighted by Crippen LogP contribution is -2.48. The molecular weight excluding hydrogens is 212 g/mol. The summed E-state index contributed by atoms with van der Waals surface area (Å²) in [6, 6.07) is 9.45. The number of carbonyl (C=O) groups is 1. The summed E-state index contributed by atoms with van der Waals surface area (Å²) in [5.74, 6) is -0.0126. The lowest BCUT2D eigenvalue weighted by atomic mass is 9.86. The van der Waals surface area contributed by atoms with E-state index in [2.05, 4.69) is 0 Å². The maximum absolute atomic E-state index is 12.1. The Bertz CT molecular complexity index is 368. The predicted molar refractivity (Wildman–Crippen MR) is 70.3 cm³/mol. The molecule has 3 heteroatoms. The van der Waals surface area contributed by atoms with Gasteiger partial charge in [-0.1, -0.05) is 51.1 Å². The van der Waals surface area contributed by atoms with Gasteiger partial charge < -0.3 is 10.6 Å². The summed E-state index contributed by atoms with van der Waals surface area (Å²) in [5.41, 5.74) is 6.87. The van der Waals surface area contributed by atoms with Gasteiger partial charge in [-0.05, 0) is 11.0 Å². The summed E-state index contributed by atoms with van der Waals surface area (Å²) in [6.45, 7) is 6.53. The summed E-state index contributed by atoms with van der Waals surface area (Å²) < 4.78 is 0. The van der Waals surface area contributed by atoms with Crippen LogP contribution in [0.15, 0.2) is 30.3 Å². The third kappa shape index (κ3) is 3.86. The Morgan fingerprint density at radius 3 is 2.29 bits per heavy atom. The molecule has 0 unspecified atom stereocenters. The number of hydrogen-bond acceptors (Lipinski definition) is 2. The minimum Gasteiger partial charge on any atom is -0.340 e. The molecule has 1 atom stereocenters. The van der Waals surface area contributed by atoms with Crippen LogP contribution in [0.5, 0.6) is 0 Å². The molecule has 0 saturated carbocycles. The van der Waals surface area contributed by atoms with Crippen molar-refractivity contribution < 1.29 is 4.79 Å². The third-order valence-corrected chi connectivity index (χ3v) is 2.84. The molecule has 1 aromatic carbocycles. The molecule has 0 aliphatic heterocycles. The van der Waals surface area contributed by atoms with E-state index in [1.807, 2.05) is 51.1 Å². The van der Waals surface area contributed by atoms with Gasteiger partial charge in [-0.3, -0.25) is 4.79 Å². The van der Waals surface area contributed by atoms with E-state index in [1.165, 1.54) is 0 Å². The first-order valence-corrected chi connectivity index (χ1v) is 5.87. The first kappa shape index (κ1) is 13.7. The van der Waals surface area contributed by atoms with Gasteiger partial charge >= 0.3 is 0 Å². The van der Waals surface area contributed by atoms with Crippen LogP contribution in [0.4, 0.5) is 0 Å². The Hall–Kier alpha value is -1.35. The van der Waals surface area contributed by atoms with Gasteiger partial charge in [0.05, 0.1) is 6.04 Å². The molecule has 1 amide bonds. The van der Waals surface area contributed by atoms with Crippen molar-refractivity contribution in [2.45, 2.75) is 33.4 Å². The maximum Gasteiger partial charge on any atom is 0.240 e. The second-order valence-electron chi connectivity index (χ2n) is 5.52. The van der Waals surface area contributed by atoms with E-state index in [0.29, 0.717) is 6.54 Å². The SMILES string of the molecule is CN(Cc1ccccc1)C(=O)[C@@H](N)C(C)(C)C. The highest BCUT2D eigenvalue weighted by atomic mass is 16.2. The van der Waals surface area contributed by atoms with Gasteiger partial charge in [-0.25, -0.2) is 0 Å². The number of amides is 1. The second kappa shape index (κ2) is 5.32. The lowest BCUT2D eigenvalue weighted by molar-refractivity contribution is -0.134. The zero-order valence-corrected chi connectivity index (χ0v) is 11.1. The monoisotopic (exact) mass is 234 g/mol. The largest absolute Gasteiger partial charge is 0.340 e. The van der Waals surface area contributed by atoms with E-state index < -0.39 is 6.04 Å². The normalized spacial score (nSPS) is 13.2. The van der Waals surface area contributed by atoms with Crippen molar-refractivity contribution in [3.05, 3.63) is 35.9 Å². The van der Waals surface area contributed by atoms with Crippen molar-refractivity contribution in [2.75, 3.05) is 7.05 Å². The molecule has 1 aromatic rings. The van der Waals surface area contributed by atoms with E-state index in [-0.39, 0.29) is 11.3 Å². The summed E-state index contributed by atoms with van der Waals surface area (Å²) in [5, 5.41) is 0. The molecule has 0 radical (unpaired) electrons. The van der Waals surface area contributed by atoms with Gasteiger partial charge in [0.25, 0.3) is 0 Å². The van der Waals surface area contributed by atoms with E-state index in [0.717, 1.165) is 5.56 Å². The zero-order valence-electron chi connectivity index (χ0n) is 11.1. The van der Waals surface area contributed by atoms with Gasteiger partial charge in [-0.15, -0.1) is 0 Å². The number of likely N-dealkylation sites (N-methyl/N-ethyl adjacent to an activating group) is 1. The molecule has 2 N–H and O–H groups in total. The molecule has 0 aromatic heterocycles. The quantitative estimate of drug-likeness (QED) is 0.869. The van der Waals surface area contributed by atoms with Crippen LogP contribution in [0.2, 0.25) is 0 Å².